The van der Waals surface area contributed by atoms with Crippen LogP contribution in [-0.4, -0.2) is 40.1 Å². The average molecular weight is 222 g/mol. The molecule has 1 aromatic heterocycles. The van der Waals surface area contributed by atoms with Crippen molar-refractivity contribution in [1.82, 2.24) is 14.9 Å². The third-order valence-corrected chi connectivity index (χ3v) is 2.50. The number of piperidine rings is 1. The van der Waals surface area contributed by atoms with Gasteiger partial charge in [0.25, 0.3) is 0 Å². The molecular weight excluding hydrogens is 208 g/mol. The maximum Gasteiger partial charge on any atom is 0.316 e. The average Bonchev–Trinajstić information content (AvgIpc) is 2.30. The topological polar surface area (TPSA) is 81.3 Å². The second-order valence-electron chi connectivity index (χ2n) is 3.70. The van der Waals surface area contributed by atoms with Gasteiger partial charge in [0.15, 0.2) is 0 Å². The number of hydrogen-bond donors (Lipinski definition) is 1. The lowest BCUT2D eigenvalue weighted by Crippen LogP contribution is -2.46. The first kappa shape index (κ1) is 10.7. The molecule has 2 heterocycles. The van der Waals surface area contributed by atoms with Gasteiger partial charge in [-0.25, -0.2) is 14.8 Å². The van der Waals surface area contributed by atoms with Crippen LogP contribution in [0.25, 0.3) is 0 Å². The summed E-state index contributed by atoms with van der Waals surface area (Å²) in [5.41, 5.74) is 5.22. The van der Waals surface area contributed by atoms with Crippen LogP contribution >= 0.6 is 0 Å². The van der Waals surface area contributed by atoms with E-state index in [0.29, 0.717) is 19.1 Å². The highest BCUT2D eigenvalue weighted by Gasteiger charge is 2.23. The van der Waals surface area contributed by atoms with Crippen molar-refractivity contribution in [1.29, 1.82) is 0 Å². The summed E-state index contributed by atoms with van der Waals surface area (Å²) in [5.74, 6) is 0. The van der Waals surface area contributed by atoms with Gasteiger partial charge in [-0.1, -0.05) is 0 Å². The number of primary amides is 1. The highest BCUT2D eigenvalue weighted by atomic mass is 16.5. The Morgan fingerprint density at radius 2 is 2.25 bits per heavy atom. The molecule has 1 aliphatic heterocycles. The number of carbonyl (C=O) groups excluding carboxylic acids is 1. The fourth-order valence-corrected chi connectivity index (χ4v) is 1.73. The number of nitrogens with two attached hydrogens (primary N) is 1. The molecule has 0 aliphatic carbocycles. The van der Waals surface area contributed by atoms with E-state index in [4.69, 9.17) is 10.5 Å². The summed E-state index contributed by atoms with van der Waals surface area (Å²) in [6.45, 7) is 1.21. The lowest BCUT2D eigenvalue weighted by Gasteiger charge is -2.30. The third-order valence-electron chi connectivity index (χ3n) is 2.50. The fourth-order valence-electron chi connectivity index (χ4n) is 1.73. The molecule has 6 heteroatoms. The Morgan fingerprint density at radius 1 is 1.50 bits per heavy atom. The first-order valence-corrected chi connectivity index (χ1v) is 5.24. The lowest BCUT2D eigenvalue weighted by atomic mass is 10.1. The predicted molar refractivity (Wildman–Crippen MR) is 56.8 cm³/mol. The van der Waals surface area contributed by atoms with Crippen LogP contribution in [0.2, 0.25) is 0 Å². The van der Waals surface area contributed by atoms with Gasteiger partial charge in [-0.15, -0.1) is 0 Å². The quantitative estimate of drug-likeness (QED) is 0.785. The molecule has 6 nitrogen and oxygen atoms in total. The first-order valence-electron chi connectivity index (χ1n) is 5.24. The summed E-state index contributed by atoms with van der Waals surface area (Å²) in [7, 11) is 0. The summed E-state index contributed by atoms with van der Waals surface area (Å²) >= 11 is 0. The Morgan fingerprint density at radius 3 is 2.94 bits per heavy atom. The van der Waals surface area contributed by atoms with Crippen LogP contribution < -0.4 is 10.5 Å². The molecule has 1 saturated heterocycles. The molecule has 2 N–H and O–H groups in total. The molecule has 1 atom stereocenters. The Kier molecular flexibility index (Phi) is 3.19. The second-order valence-corrected chi connectivity index (χ2v) is 3.70. The molecule has 0 spiro atoms. The van der Waals surface area contributed by atoms with Crippen molar-refractivity contribution in [3.63, 3.8) is 0 Å². The van der Waals surface area contributed by atoms with Crippen LogP contribution in [0.3, 0.4) is 0 Å². The van der Waals surface area contributed by atoms with Gasteiger partial charge in [0.1, 0.15) is 6.10 Å². The first-order chi connectivity index (χ1) is 7.75. The van der Waals surface area contributed by atoms with Crippen molar-refractivity contribution >= 4 is 6.03 Å². The van der Waals surface area contributed by atoms with Crippen molar-refractivity contribution < 1.29 is 9.53 Å². The maximum absolute atomic E-state index is 11.0. The molecule has 1 fully saturated rings. The molecule has 0 saturated carbocycles. The number of aromatic nitrogens is 2. The summed E-state index contributed by atoms with van der Waals surface area (Å²) < 4.78 is 5.56. The Balaban J connectivity index is 1.93. The van der Waals surface area contributed by atoms with Gasteiger partial charge >= 0.3 is 12.0 Å². The SMILES string of the molecule is NC(=O)N1CCCC(Oc2ncccn2)C1. The van der Waals surface area contributed by atoms with Gasteiger partial charge in [-0.2, -0.15) is 0 Å². The molecule has 1 aromatic rings. The molecular formula is C10H14N4O2. The summed E-state index contributed by atoms with van der Waals surface area (Å²) in [6.07, 6.45) is 4.96. The van der Waals surface area contributed by atoms with Gasteiger partial charge in [0.2, 0.25) is 0 Å². The highest BCUT2D eigenvalue weighted by Crippen LogP contribution is 2.14. The molecule has 2 rings (SSSR count). The maximum atomic E-state index is 11.0. The largest absolute Gasteiger partial charge is 0.458 e. The minimum Gasteiger partial charge on any atom is -0.458 e. The second kappa shape index (κ2) is 4.78. The number of rotatable bonds is 2. The number of carbonyl (C=O) groups is 1. The van der Waals surface area contributed by atoms with E-state index in [-0.39, 0.29) is 6.10 Å². The number of hydrogen-bond acceptors (Lipinski definition) is 4. The summed E-state index contributed by atoms with van der Waals surface area (Å²) in [5, 5.41) is 0. The Hall–Kier alpha value is -1.85. The summed E-state index contributed by atoms with van der Waals surface area (Å²) in [6, 6.07) is 1.67. The van der Waals surface area contributed by atoms with Crippen molar-refractivity contribution in [2.24, 2.45) is 5.73 Å². The molecule has 16 heavy (non-hydrogen) atoms. The monoisotopic (exact) mass is 222 g/mol. The minimum absolute atomic E-state index is 0.0661. The third kappa shape index (κ3) is 2.59. The number of urea groups is 1. The molecule has 86 valence electrons. The van der Waals surface area contributed by atoms with Crippen LogP contribution in [0, 0.1) is 0 Å². The van der Waals surface area contributed by atoms with E-state index in [1.165, 1.54) is 0 Å². The molecule has 0 radical (unpaired) electrons. The van der Waals surface area contributed by atoms with Crippen LogP contribution in [0.5, 0.6) is 6.01 Å². The van der Waals surface area contributed by atoms with Gasteiger partial charge < -0.3 is 15.4 Å². The number of amides is 2. The molecule has 0 bridgehead atoms. The molecule has 2 amide bonds. The lowest BCUT2D eigenvalue weighted by molar-refractivity contribution is 0.0969. The van der Waals surface area contributed by atoms with Crippen molar-refractivity contribution in [2.45, 2.75) is 18.9 Å². The Bertz CT molecular complexity index is 357. The van der Waals surface area contributed by atoms with E-state index in [2.05, 4.69) is 9.97 Å². The Labute approximate surface area is 93.4 Å². The van der Waals surface area contributed by atoms with Crippen molar-refractivity contribution in [3.05, 3.63) is 18.5 Å². The smallest absolute Gasteiger partial charge is 0.316 e. The van der Waals surface area contributed by atoms with Gasteiger partial charge in [-0.05, 0) is 18.9 Å². The van der Waals surface area contributed by atoms with Crippen LogP contribution in [0.15, 0.2) is 18.5 Å². The predicted octanol–water partition coefficient (Wildman–Crippen LogP) is 0.398. The van der Waals surface area contributed by atoms with Crippen LogP contribution in [-0.2, 0) is 0 Å². The van der Waals surface area contributed by atoms with E-state index < -0.39 is 6.03 Å². The van der Waals surface area contributed by atoms with Gasteiger partial charge in [0.05, 0.1) is 6.54 Å². The zero-order valence-corrected chi connectivity index (χ0v) is 8.87. The number of likely N-dealkylation sites (tertiary alicyclic amines) is 1. The normalized spacial score (nSPS) is 20.5. The van der Waals surface area contributed by atoms with Gasteiger partial charge in [0, 0.05) is 18.9 Å². The van der Waals surface area contributed by atoms with Crippen LogP contribution in [0.4, 0.5) is 4.79 Å². The fraction of sp³-hybridized carbons (Fsp3) is 0.500. The van der Waals surface area contributed by atoms with Gasteiger partial charge in [-0.3, -0.25) is 0 Å². The van der Waals surface area contributed by atoms with E-state index in [0.717, 1.165) is 12.8 Å². The molecule has 1 aliphatic rings. The van der Waals surface area contributed by atoms with E-state index in [1.807, 2.05) is 0 Å². The molecule has 1 unspecified atom stereocenters. The van der Waals surface area contributed by atoms with E-state index >= 15 is 0 Å². The number of ether oxygens (including phenoxy) is 1. The van der Waals surface area contributed by atoms with Crippen LogP contribution in [0.1, 0.15) is 12.8 Å². The van der Waals surface area contributed by atoms with E-state index in [1.54, 1.807) is 23.4 Å². The van der Waals surface area contributed by atoms with Crippen molar-refractivity contribution in [2.75, 3.05) is 13.1 Å². The van der Waals surface area contributed by atoms with Crippen molar-refractivity contribution in [3.8, 4) is 6.01 Å². The number of nitrogens with zero attached hydrogens (tertiary/aromatic N) is 3. The summed E-state index contributed by atoms with van der Waals surface area (Å²) in [4.78, 5) is 20.5. The highest BCUT2D eigenvalue weighted by molar-refractivity contribution is 5.72. The zero-order chi connectivity index (χ0) is 11.4. The molecule has 0 aromatic carbocycles. The standard InChI is InChI=1S/C10H14N4O2/c11-9(15)14-6-1-3-8(7-14)16-10-12-4-2-5-13-10/h2,4-5,8H,1,3,6-7H2,(H2,11,15). The zero-order valence-electron chi connectivity index (χ0n) is 8.87. The minimum atomic E-state index is -0.401. The van der Waals surface area contributed by atoms with E-state index in [9.17, 15) is 4.79 Å².